The van der Waals surface area contributed by atoms with Gasteiger partial charge in [-0.3, -0.25) is 4.79 Å². The summed E-state index contributed by atoms with van der Waals surface area (Å²) >= 11 is 1.42. The zero-order chi connectivity index (χ0) is 18.7. The second-order valence-corrected chi connectivity index (χ2v) is 7.45. The van der Waals surface area contributed by atoms with Crippen LogP contribution in [-0.2, 0) is 6.61 Å². The molecular formula is C20H23N3O2S. The van der Waals surface area contributed by atoms with Gasteiger partial charge in [0.1, 0.15) is 18.2 Å². The Morgan fingerprint density at radius 1 is 1.27 bits per heavy atom. The molecule has 0 unspecified atom stereocenters. The standard InChI is InChI=1S/C20H23N3O2S/c1-13(2)23-19(9-15(4)22-23)21-20(24)18-10-16(12-26-18)11-25-17-8-6-5-7-14(17)3/h5-10,12-13H,11H2,1-4H3,(H,21,24). The van der Waals surface area contributed by atoms with E-state index in [1.165, 1.54) is 11.3 Å². The molecule has 0 atom stereocenters. The zero-order valence-electron chi connectivity index (χ0n) is 15.4. The number of anilines is 1. The minimum absolute atomic E-state index is 0.126. The van der Waals surface area contributed by atoms with Crippen LogP contribution in [0.5, 0.6) is 5.75 Å². The molecule has 1 N–H and O–H groups in total. The lowest BCUT2D eigenvalue weighted by Crippen LogP contribution is -2.15. The summed E-state index contributed by atoms with van der Waals surface area (Å²) in [6, 6.07) is 11.8. The van der Waals surface area contributed by atoms with Crippen molar-refractivity contribution in [1.29, 1.82) is 0 Å². The lowest BCUT2D eigenvalue weighted by molar-refractivity contribution is 0.102. The summed E-state index contributed by atoms with van der Waals surface area (Å²) in [6.07, 6.45) is 0. The van der Waals surface area contributed by atoms with Crippen LogP contribution in [0.25, 0.3) is 0 Å². The number of thiophene rings is 1. The highest BCUT2D eigenvalue weighted by molar-refractivity contribution is 7.12. The summed E-state index contributed by atoms with van der Waals surface area (Å²) in [6.45, 7) is 8.45. The van der Waals surface area contributed by atoms with E-state index in [1.807, 2.05) is 74.2 Å². The first kappa shape index (κ1) is 18.2. The molecule has 0 spiro atoms. The number of benzene rings is 1. The molecule has 5 nitrogen and oxygen atoms in total. The third-order valence-corrected chi connectivity index (χ3v) is 4.93. The van der Waals surface area contributed by atoms with Gasteiger partial charge in [0.25, 0.3) is 5.91 Å². The first-order valence-electron chi connectivity index (χ1n) is 8.57. The summed E-state index contributed by atoms with van der Waals surface area (Å²) in [5.74, 6) is 1.45. The van der Waals surface area contributed by atoms with Crippen molar-refractivity contribution in [3.63, 3.8) is 0 Å². The molecular weight excluding hydrogens is 346 g/mol. The molecule has 0 aliphatic rings. The Kier molecular flexibility index (Phi) is 5.42. The Balaban J connectivity index is 1.66. The Morgan fingerprint density at radius 2 is 2.04 bits per heavy atom. The van der Waals surface area contributed by atoms with Gasteiger partial charge in [-0.1, -0.05) is 18.2 Å². The average molecular weight is 369 g/mol. The van der Waals surface area contributed by atoms with Crippen LogP contribution in [0, 0.1) is 13.8 Å². The normalized spacial score (nSPS) is 11.0. The van der Waals surface area contributed by atoms with Crippen LogP contribution in [0.15, 0.2) is 41.8 Å². The van der Waals surface area contributed by atoms with Gasteiger partial charge >= 0.3 is 0 Å². The fourth-order valence-electron chi connectivity index (χ4n) is 2.63. The van der Waals surface area contributed by atoms with E-state index < -0.39 is 0 Å². The number of amides is 1. The summed E-state index contributed by atoms with van der Waals surface area (Å²) in [5.41, 5.74) is 2.96. The smallest absolute Gasteiger partial charge is 0.266 e. The minimum atomic E-state index is -0.126. The predicted octanol–water partition coefficient (Wildman–Crippen LogP) is 4.97. The first-order chi connectivity index (χ1) is 12.4. The molecule has 0 radical (unpaired) electrons. The monoisotopic (exact) mass is 369 g/mol. The molecule has 6 heteroatoms. The van der Waals surface area contributed by atoms with Gasteiger partial charge in [0.2, 0.25) is 0 Å². The highest BCUT2D eigenvalue weighted by Gasteiger charge is 2.15. The number of aryl methyl sites for hydroxylation is 2. The first-order valence-corrected chi connectivity index (χ1v) is 9.45. The third kappa shape index (κ3) is 4.14. The molecule has 0 aliphatic carbocycles. The van der Waals surface area contributed by atoms with Gasteiger partial charge in [0.05, 0.1) is 10.6 Å². The lowest BCUT2D eigenvalue weighted by Gasteiger charge is -2.11. The van der Waals surface area contributed by atoms with E-state index in [0.717, 1.165) is 22.6 Å². The molecule has 136 valence electrons. The number of ether oxygens (including phenoxy) is 1. The number of carbonyl (C=O) groups excluding carboxylic acids is 1. The Labute approximate surface area is 157 Å². The summed E-state index contributed by atoms with van der Waals surface area (Å²) in [4.78, 5) is 13.2. The highest BCUT2D eigenvalue weighted by atomic mass is 32.1. The Morgan fingerprint density at radius 3 is 2.77 bits per heavy atom. The van der Waals surface area contributed by atoms with Gasteiger partial charge < -0.3 is 10.1 Å². The number of aromatic nitrogens is 2. The summed E-state index contributed by atoms with van der Waals surface area (Å²) in [7, 11) is 0. The molecule has 0 bridgehead atoms. The topological polar surface area (TPSA) is 56.1 Å². The molecule has 0 aliphatic heterocycles. The van der Waals surface area contributed by atoms with Crippen molar-refractivity contribution < 1.29 is 9.53 Å². The molecule has 1 amide bonds. The second kappa shape index (κ2) is 7.74. The number of nitrogens with one attached hydrogen (secondary N) is 1. The number of carbonyl (C=O) groups is 1. The van der Waals surface area contributed by atoms with E-state index in [-0.39, 0.29) is 11.9 Å². The maximum atomic E-state index is 12.6. The van der Waals surface area contributed by atoms with Gasteiger partial charge in [-0.05, 0) is 50.8 Å². The van der Waals surface area contributed by atoms with Crippen LogP contribution in [-0.4, -0.2) is 15.7 Å². The molecule has 2 aromatic heterocycles. The molecule has 3 rings (SSSR count). The lowest BCUT2D eigenvalue weighted by atomic mass is 10.2. The van der Waals surface area contributed by atoms with E-state index in [4.69, 9.17) is 4.74 Å². The van der Waals surface area contributed by atoms with E-state index in [0.29, 0.717) is 17.3 Å². The second-order valence-electron chi connectivity index (χ2n) is 6.54. The van der Waals surface area contributed by atoms with Crippen molar-refractivity contribution in [3.05, 3.63) is 63.5 Å². The van der Waals surface area contributed by atoms with Crippen LogP contribution < -0.4 is 10.1 Å². The number of hydrogen-bond acceptors (Lipinski definition) is 4. The minimum Gasteiger partial charge on any atom is -0.489 e. The van der Waals surface area contributed by atoms with Gasteiger partial charge in [0.15, 0.2) is 0 Å². The maximum Gasteiger partial charge on any atom is 0.266 e. The number of para-hydroxylation sites is 1. The van der Waals surface area contributed by atoms with Gasteiger partial charge in [-0.25, -0.2) is 4.68 Å². The third-order valence-electron chi connectivity index (χ3n) is 3.95. The molecule has 2 heterocycles. The van der Waals surface area contributed by atoms with Crippen molar-refractivity contribution in [3.8, 4) is 5.75 Å². The maximum absolute atomic E-state index is 12.6. The van der Waals surface area contributed by atoms with Crippen LogP contribution >= 0.6 is 11.3 Å². The number of hydrogen-bond donors (Lipinski definition) is 1. The van der Waals surface area contributed by atoms with Crippen LogP contribution in [0.3, 0.4) is 0 Å². The quantitative estimate of drug-likeness (QED) is 0.667. The molecule has 0 saturated carbocycles. The van der Waals surface area contributed by atoms with E-state index in [1.54, 1.807) is 0 Å². The van der Waals surface area contributed by atoms with Crippen LogP contribution in [0.2, 0.25) is 0 Å². The fraction of sp³-hybridized carbons (Fsp3) is 0.300. The largest absolute Gasteiger partial charge is 0.489 e. The molecule has 26 heavy (non-hydrogen) atoms. The van der Waals surface area contributed by atoms with Crippen molar-refractivity contribution in [2.75, 3.05) is 5.32 Å². The summed E-state index contributed by atoms with van der Waals surface area (Å²) < 4.78 is 7.67. The van der Waals surface area contributed by atoms with E-state index in [9.17, 15) is 4.79 Å². The number of rotatable bonds is 6. The highest BCUT2D eigenvalue weighted by Crippen LogP contribution is 2.22. The Bertz CT molecular complexity index is 911. The fourth-order valence-corrected chi connectivity index (χ4v) is 3.42. The van der Waals surface area contributed by atoms with Crippen molar-refractivity contribution >= 4 is 23.1 Å². The Hall–Kier alpha value is -2.60. The van der Waals surface area contributed by atoms with E-state index >= 15 is 0 Å². The van der Waals surface area contributed by atoms with Gasteiger partial charge in [-0.2, -0.15) is 5.10 Å². The molecule has 1 aromatic carbocycles. The van der Waals surface area contributed by atoms with Crippen molar-refractivity contribution in [2.45, 2.75) is 40.3 Å². The van der Waals surface area contributed by atoms with Crippen LogP contribution in [0.1, 0.15) is 46.4 Å². The molecule has 0 fully saturated rings. The van der Waals surface area contributed by atoms with Gasteiger partial charge in [-0.15, -0.1) is 11.3 Å². The van der Waals surface area contributed by atoms with E-state index in [2.05, 4.69) is 10.4 Å². The van der Waals surface area contributed by atoms with Gasteiger partial charge in [0, 0.05) is 17.7 Å². The molecule has 3 aromatic rings. The SMILES string of the molecule is Cc1cc(NC(=O)c2cc(COc3ccccc3C)cs2)n(C(C)C)n1. The zero-order valence-corrected chi connectivity index (χ0v) is 16.3. The average Bonchev–Trinajstić information content (AvgIpc) is 3.21. The molecule has 0 saturated heterocycles. The number of nitrogens with zero attached hydrogens (tertiary/aromatic N) is 2. The summed E-state index contributed by atoms with van der Waals surface area (Å²) in [5, 5.41) is 9.33. The van der Waals surface area contributed by atoms with Crippen molar-refractivity contribution in [2.24, 2.45) is 0 Å². The van der Waals surface area contributed by atoms with Crippen molar-refractivity contribution in [1.82, 2.24) is 9.78 Å². The predicted molar refractivity (Wildman–Crippen MR) is 105 cm³/mol. The van der Waals surface area contributed by atoms with Crippen LogP contribution in [0.4, 0.5) is 5.82 Å².